The predicted molar refractivity (Wildman–Crippen MR) is 90.2 cm³/mol. The van der Waals surface area contributed by atoms with E-state index in [0.29, 0.717) is 5.92 Å². The van der Waals surface area contributed by atoms with Crippen molar-refractivity contribution in [3.05, 3.63) is 29.9 Å². The summed E-state index contributed by atoms with van der Waals surface area (Å²) >= 11 is 0. The average molecular weight is 382 g/mol. The zero-order valence-corrected chi connectivity index (χ0v) is 15.1. The first-order valence-electron chi connectivity index (χ1n) is 8.91. The number of hydrogen-bond acceptors (Lipinski definition) is 5. The predicted octanol–water partition coefficient (Wildman–Crippen LogP) is 4.15. The van der Waals surface area contributed by atoms with E-state index in [4.69, 9.17) is 4.52 Å². The molecule has 0 aromatic carbocycles. The van der Waals surface area contributed by atoms with E-state index < -0.39 is 17.9 Å². The fourth-order valence-electron chi connectivity index (χ4n) is 3.17. The van der Waals surface area contributed by atoms with Gasteiger partial charge in [0.05, 0.1) is 0 Å². The SMILES string of the molecule is CC1CCC(C(=O)NC(C)c2nc(-c3ccnc(C(F)(F)F)c3)no2)CC1. The maximum Gasteiger partial charge on any atom is 0.433 e. The van der Waals surface area contributed by atoms with Crippen LogP contribution in [-0.2, 0) is 11.0 Å². The Morgan fingerprint density at radius 2 is 2.00 bits per heavy atom. The third-order valence-electron chi connectivity index (χ3n) is 4.87. The van der Waals surface area contributed by atoms with Crippen LogP contribution in [0.3, 0.4) is 0 Å². The van der Waals surface area contributed by atoms with Crippen LogP contribution in [0.25, 0.3) is 11.4 Å². The average Bonchev–Trinajstić information content (AvgIpc) is 3.12. The molecule has 0 saturated heterocycles. The molecule has 1 aliphatic carbocycles. The molecule has 0 bridgehead atoms. The molecule has 1 atom stereocenters. The smallest absolute Gasteiger partial charge is 0.344 e. The van der Waals surface area contributed by atoms with Crippen LogP contribution in [0.5, 0.6) is 0 Å². The van der Waals surface area contributed by atoms with Crippen LogP contribution in [0.1, 0.15) is 57.2 Å². The maximum absolute atomic E-state index is 12.8. The molecule has 2 aromatic heterocycles. The van der Waals surface area contributed by atoms with Crippen molar-refractivity contribution < 1.29 is 22.5 Å². The summed E-state index contributed by atoms with van der Waals surface area (Å²) in [5, 5.41) is 6.58. The number of rotatable bonds is 4. The summed E-state index contributed by atoms with van der Waals surface area (Å²) in [6.45, 7) is 3.88. The molecular weight excluding hydrogens is 361 g/mol. The van der Waals surface area contributed by atoms with Crippen molar-refractivity contribution in [3.8, 4) is 11.4 Å². The molecule has 1 fully saturated rings. The van der Waals surface area contributed by atoms with Gasteiger partial charge in [-0.2, -0.15) is 18.2 Å². The minimum Gasteiger partial charge on any atom is -0.344 e. The van der Waals surface area contributed by atoms with Gasteiger partial charge in [0.2, 0.25) is 17.6 Å². The first-order chi connectivity index (χ1) is 12.7. The molecule has 2 heterocycles. The Morgan fingerprint density at radius 3 is 2.67 bits per heavy atom. The second kappa shape index (κ2) is 7.66. The van der Waals surface area contributed by atoms with Gasteiger partial charge in [0.1, 0.15) is 11.7 Å². The van der Waals surface area contributed by atoms with Gasteiger partial charge in [0.15, 0.2) is 0 Å². The van der Waals surface area contributed by atoms with Crippen molar-refractivity contribution in [2.45, 2.75) is 51.7 Å². The van der Waals surface area contributed by atoms with E-state index in [1.807, 2.05) is 0 Å². The molecule has 27 heavy (non-hydrogen) atoms. The highest BCUT2D eigenvalue weighted by Crippen LogP contribution is 2.31. The van der Waals surface area contributed by atoms with Crippen molar-refractivity contribution in [3.63, 3.8) is 0 Å². The van der Waals surface area contributed by atoms with E-state index in [0.717, 1.165) is 37.9 Å². The molecule has 1 N–H and O–H groups in total. The summed E-state index contributed by atoms with van der Waals surface area (Å²) in [6, 6.07) is 1.71. The van der Waals surface area contributed by atoms with Gasteiger partial charge in [-0.05, 0) is 50.7 Å². The Hall–Kier alpha value is -2.45. The van der Waals surface area contributed by atoms with Gasteiger partial charge >= 0.3 is 6.18 Å². The number of nitrogens with zero attached hydrogens (tertiary/aromatic N) is 3. The van der Waals surface area contributed by atoms with E-state index in [1.165, 1.54) is 6.07 Å². The fourth-order valence-corrected chi connectivity index (χ4v) is 3.17. The number of halogens is 3. The van der Waals surface area contributed by atoms with Gasteiger partial charge < -0.3 is 9.84 Å². The molecule has 2 aromatic rings. The Kier molecular flexibility index (Phi) is 5.48. The highest BCUT2D eigenvalue weighted by molar-refractivity contribution is 5.79. The topological polar surface area (TPSA) is 80.9 Å². The van der Waals surface area contributed by atoms with E-state index in [2.05, 4.69) is 27.4 Å². The molecular formula is C18H21F3N4O2. The van der Waals surface area contributed by atoms with E-state index in [-0.39, 0.29) is 29.1 Å². The molecule has 0 aliphatic heterocycles. The molecule has 3 rings (SSSR count). The summed E-state index contributed by atoms with van der Waals surface area (Å²) in [4.78, 5) is 19.8. The molecule has 146 valence electrons. The second-order valence-corrected chi connectivity index (χ2v) is 7.07. The van der Waals surface area contributed by atoms with E-state index in [9.17, 15) is 18.0 Å². The first-order valence-corrected chi connectivity index (χ1v) is 8.91. The standard InChI is InChI=1S/C18H21F3N4O2/c1-10-3-5-12(6-4-10)16(26)23-11(2)17-24-15(25-27-17)13-7-8-22-14(9-13)18(19,20)21/h7-12H,3-6H2,1-2H3,(H,23,26). The second-order valence-electron chi connectivity index (χ2n) is 7.07. The number of hydrogen-bond donors (Lipinski definition) is 1. The number of pyridine rings is 1. The number of amides is 1. The highest BCUT2D eigenvalue weighted by Gasteiger charge is 2.33. The summed E-state index contributed by atoms with van der Waals surface area (Å²) in [6.07, 6.45) is 0.254. The van der Waals surface area contributed by atoms with E-state index in [1.54, 1.807) is 6.92 Å². The minimum absolute atomic E-state index is 0.0190. The maximum atomic E-state index is 12.8. The van der Waals surface area contributed by atoms with Crippen molar-refractivity contribution in [2.24, 2.45) is 11.8 Å². The quantitative estimate of drug-likeness (QED) is 0.859. The summed E-state index contributed by atoms with van der Waals surface area (Å²) in [5.41, 5.74) is -0.883. The molecule has 0 spiro atoms. The fraction of sp³-hybridized carbons (Fsp3) is 0.556. The first kappa shape index (κ1) is 19.3. The minimum atomic E-state index is -4.55. The lowest BCUT2D eigenvalue weighted by Gasteiger charge is -2.26. The summed E-state index contributed by atoms with van der Waals surface area (Å²) in [7, 11) is 0. The highest BCUT2D eigenvalue weighted by atomic mass is 19.4. The van der Waals surface area contributed by atoms with Crippen LogP contribution >= 0.6 is 0 Å². The number of carbonyl (C=O) groups excluding carboxylic acids is 1. The molecule has 6 nitrogen and oxygen atoms in total. The van der Waals surface area contributed by atoms with Gasteiger partial charge in [0.25, 0.3) is 0 Å². The van der Waals surface area contributed by atoms with Crippen LogP contribution in [0, 0.1) is 11.8 Å². The Bertz CT molecular complexity index is 798. The van der Waals surface area contributed by atoms with Crippen molar-refractivity contribution in [2.75, 3.05) is 0 Å². The summed E-state index contributed by atoms with van der Waals surface area (Å²) in [5.74, 6) is 0.725. The zero-order chi connectivity index (χ0) is 19.6. The molecule has 1 aliphatic rings. The van der Waals surface area contributed by atoms with Crippen LogP contribution in [0.15, 0.2) is 22.9 Å². The number of aromatic nitrogens is 3. The Morgan fingerprint density at radius 1 is 1.30 bits per heavy atom. The zero-order valence-electron chi connectivity index (χ0n) is 15.1. The van der Waals surface area contributed by atoms with Crippen molar-refractivity contribution >= 4 is 5.91 Å². The molecule has 0 radical (unpaired) electrons. The molecule has 1 saturated carbocycles. The van der Waals surface area contributed by atoms with Crippen LogP contribution < -0.4 is 5.32 Å². The van der Waals surface area contributed by atoms with Crippen molar-refractivity contribution in [1.82, 2.24) is 20.4 Å². The molecule has 9 heteroatoms. The Balaban J connectivity index is 1.67. The molecule has 1 amide bonds. The van der Waals surface area contributed by atoms with Gasteiger partial charge in [-0.15, -0.1) is 0 Å². The summed E-state index contributed by atoms with van der Waals surface area (Å²) < 4.78 is 43.5. The van der Waals surface area contributed by atoms with Gasteiger partial charge in [-0.3, -0.25) is 9.78 Å². The van der Waals surface area contributed by atoms with E-state index >= 15 is 0 Å². The number of nitrogens with one attached hydrogen (secondary N) is 1. The normalized spacial score (nSPS) is 21.7. The van der Waals surface area contributed by atoms with Gasteiger partial charge in [0, 0.05) is 17.7 Å². The number of alkyl halides is 3. The largest absolute Gasteiger partial charge is 0.433 e. The van der Waals surface area contributed by atoms with Gasteiger partial charge in [-0.25, -0.2) is 0 Å². The van der Waals surface area contributed by atoms with Crippen molar-refractivity contribution in [1.29, 1.82) is 0 Å². The molecule has 1 unspecified atom stereocenters. The lowest BCUT2D eigenvalue weighted by molar-refractivity contribution is -0.141. The lowest BCUT2D eigenvalue weighted by atomic mass is 9.82. The van der Waals surface area contributed by atoms with Crippen LogP contribution in [-0.4, -0.2) is 21.0 Å². The van der Waals surface area contributed by atoms with Crippen LogP contribution in [0.2, 0.25) is 0 Å². The Labute approximate surface area is 154 Å². The third kappa shape index (κ3) is 4.64. The number of carbonyl (C=O) groups is 1. The van der Waals surface area contributed by atoms with Gasteiger partial charge in [-0.1, -0.05) is 12.1 Å². The third-order valence-corrected chi connectivity index (χ3v) is 4.87. The van der Waals surface area contributed by atoms with Crippen LogP contribution in [0.4, 0.5) is 13.2 Å². The lowest BCUT2D eigenvalue weighted by Crippen LogP contribution is -2.34. The monoisotopic (exact) mass is 382 g/mol.